The van der Waals surface area contributed by atoms with Gasteiger partial charge in [0.15, 0.2) is 0 Å². The highest BCUT2D eigenvalue weighted by Crippen LogP contribution is 2.29. The first-order valence-corrected chi connectivity index (χ1v) is 7.08. The number of benzene rings is 1. The molecule has 1 aromatic heterocycles. The molecule has 0 bridgehead atoms. The third kappa shape index (κ3) is 3.30. The maximum Gasteiger partial charge on any atom is 0.138 e. The number of halogens is 1. The monoisotopic (exact) mass is 290 g/mol. The Balaban J connectivity index is 2.34. The molecule has 1 heterocycles. The number of hydrogen-bond donors (Lipinski definition) is 1. The molecule has 1 aromatic carbocycles. The van der Waals surface area contributed by atoms with E-state index in [-0.39, 0.29) is 6.04 Å². The van der Waals surface area contributed by atoms with E-state index in [0.717, 1.165) is 27.5 Å². The molecular weight excluding hydrogens is 272 g/mol. The highest BCUT2D eigenvalue weighted by atomic mass is 35.5. The first-order chi connectivity index (χ1) is 9.65. The van der Waals surface area contributed by atoms with Crippen LogP contribution in [0.4, 0.5) is 0 Å². The van der Waals surface area contributed by atoms with Gasteiger partial charge in [-0.25, -0.2) is 0 Å². The summed E-state index contributed by atoms with van der Waals surface area (Å²) in [5, 5.41) is 3.95. The zero-order valence-corrected chi connectivity index (χ0v) is 12.7. The number of ether oxygens (including phenoxy) is 1. The number of hydrogen-bond acceptors (Lipinski definition) is 3. The summed E-state index contributed by atoms with van der Waals surface area (Å²) >= 11 is 6.36. The van der Waals surface area contributed by atoms with E-state index < -0.39 is 0 Å². The molecule has 0 aliphatic carbocycles. The topological polar surface area (TPSA) is 34.1 Å². The van der Waals surface area contributed by atoms with Crippen LogP contribution in [-0.2, 0) is 0 Å². The van der Waals surface area contributed by atoms with Crippen molar-refractivity contribution in [2.45, 2.75) is 19.9 Å². The number of pyridine rings is 1. The van der Waals surface area contributed by atoms with Gasteiger partial charge in [-0.3, -0.25) is 4.98 Å². The Bertz CT molecular complexity index is 586. The van der Waals surface area contributed by atoms with Crippen LogP contribution in [0.2, 0.25) is 5.02 Å². The van der Waals surface area contributed by atoms with Crippen molar-refractivity contribution in [2.24, 2.45) is 0 Å². The molecule has 4 heteroatoms. The van der Waals surface area contributed by atoms with Crippen LogP contribution in [0.5, 0.6) is 5.75 Å². The average Bonchev–Trinajstić information content (AvgIpc) is 2.47. The highest BCUT2D eigenvalue weighted by Gasteiger charge is 2.09. The van der Waals surface area contributed by atoms with E-state index in [1.54, 1.807) is 6.20 Å². The average molecular weight is 291 g/mol. The Morgan fingerprint density at radius 2 is 2.05 bits per heavy atom. The summed E-state index contributed by atoms with van der Waals surface area (Å²) in [6.07, 6.45) is 3.53. The molecule has 1 atom stereocenters. The second-order valence-electron chi connectivity index (χ2n) is 4.59. The van der Waals surface area contributed by atoms with Gasteiger partial charge in [0.2, 0.25) is 0 Å². The minimum atomic E-state index is 0.226. The van der Waals surface area contributed by atoms with E-state index in [1.807, 2.05) is 38.4 Å². The predicted octanol–water partition coefficient (Wildman–Crippen LogP) is 4.08. The first kappa shape index (κ1) is 14.8. The fourth-order valence-corrected chi connectivity index (χ4v) is 2.38. The largest absolute Gasteiger partial charge is 0.492 e. The van der Waals surface area contributed by atoms with Gasteiger partial charge in [-0.15, -0.1) is 0 Å². The van der Waals surface area contributed by atoms with Crippen molar-refractivity contribution in [2.75, 3.05) is 13.7 Å². The zero-order chi connectivity index (χ0) is 14.5. The Labute approximate surface area is 124 Å². The number of nitrogens with zero attached hydrogens (tertiary/aromatic N) is 1. The molecule has 0 fully saturated rings. The quantitative estimate of drug-likeness (QED) is 0.901. The normalized spacial score (nSPS) is 12.2. The molecule has 1 unspecified atom stereocenters. The van der Waals surface area contributed by atoms with Crippen LogP contribution in [0.3, 0.4) is 0 Å². The lowest BCUT2D eigenvalue weighted by atomic mass is 10.0. The minimum Gasteiger partial charge on any atom is -0.492 e. The van der Waals surface area contributed by atoms with Crippen molar-refractivity contribution in [3.8, 4) is 16.9 Å². The second-order valence-corrected chi connectivity index (χ2v) is 5.00. The number of nitrogens with one attached hydrogen (secondary N) is 1. The summed E-state index contributed by atoms with van der Waals surface area (Å²) in [6.45, 7) is 4.67. The lowest BCUT2D eigenvalue weighted by Gasteiger charge is -2.14. The molecule has 0 aliphatic heterocycles. The summed E-state index contributed by atoms with van der Waals surface area (Å²) in [5.41, 5.74) is 3.13. The van der Waals surface area contributed by atoms with Crippen LogP contribution >= 0.6 is 11.6 Å². The van der Waals surface area contributed by atoms with Crippen molar-refractivity contribution in [3.05, 3.63) is 47.2 Å². The van der Waals surface area contributed by atoms with Crippen molar-refractivity contribution < 1.29 is 4.74 Å². The summed E-state index contributed by atoms with van der Waals surface area (Å²) in [7, 11) is 1.92. The van der Waals surface area contributed by atoms with Crippen molar-refractivity contribution in [1.82, 2.24) is 10.3 Å². The summed E-state index contributed by atoms with van der Waals surface area (Å²) in [4.78, 5) is 4.20. The molecule has 0 amide bonds. The van der Waals surface area contributed by atoms with Crippen LogP contribution in [-0.4, -0.2) is 18.6 Å². The highest BCUT2D eigenvalue weighted by molar-refractivity contribution is 6.31. The van der Waals surface area contributed by atoms with E-state index in [0.29, 0.717) is 6.61 Å². The van der Waals surface area contributed by atoms with Crippen LogP contribution in [0.25, 0.3) is 11.1 Å². The third-order valence-electron chi connectivity index (χ3n) is 3.26. The SMILES string of the molecule is CCOc1cncc(-c2ccc(C(C)NC)c(Cl)c2)c1. The lowest BCUT2D eigenvalue weighted by molar-refractivity contribution is 0.339. The Morgan fingerprint density at radius 1 is 1.25 bits per heavy atom. The molecule has 2 aromatic rings. The number of aromatic nitrogens is 1. The van der Waals surface area contributed by atoms with Crippen molar-refractivity contribution in [3.63, 3.8) is 0 Å². The molecular formula is C16H19ClN2O. The molecule has 0 saturated heterocycles. The molecule has 2 rings (SSSR count). The smallest absolute Gasteiger partial charge is 0.138 e. The second kappa shape index (κ2) is 6.73. The van der Waals surface area contributed by atoms with Gasteiger partial charge in [0, 0.05) is 22.8 Å². The van der Waals surface area contributed by atoms with Gasteiger partial charge in [0.25, 0.3) is 0 Å². The molecule has 0 spiro atoms. The molecule has 3 nitrogen and oxygen atoms in total. The summed E-state index contributed by atoms with van der Waals surface area (Å²) in [5.74, 6) is 0.772. The van der Waals surface area contributed by atoms with E-state index in [4.69, 9.17) is 16.3 Å². The maximum atomic E-state index is 6.36. The molecule has 20 heavy (non-hydrogen) atoms. The zero-order valence-electron chi connectivity index (χ0n) is 12.0. The Hall–Kier alpha value is -1.58. The fourth-order valence-electron chi connectivity index (χ4n) is 2.04. The lowest BCUT2D eigenvalue weighted by Crippen LogP contribution is -2.12. The minimum absolute atomic E-state index is 0.226. The van der Waals surface area contributed by atoms with Gasteiger partial charge in [0.1, 0.15) is 5.75 Å². The van der Waals surface area contributed by atoms with Gasteiger partial charge in [-0.1, -0.05) is 23.7 Å². The number of rotatable bonds is 5. The molecule has 0 saturated carbocycles. The molecule has 0 aliphatic rings. The molecule has 0 radical (unpaired) electrons. The van der Waals surface area contributed by atoms with Gasteiger partial charge in [-0.05, 0) is 44.2 Å². The van der Waals surface area contributed by atoms with Crippen LogP contribution in [0, 0.1) is 0 Å². The van der Waals surface area contributed by atoms with E-state index in [1.165, 1.54) is 0 Å². The van der Waals surface area contributed by atoms with Crippen LogP contribution in [0.15, 0.2) is 36.7 Å². The predicted molar refractivity (Wildman–Crippen MR) is 83.3 cm³/mol. The van der Waals surface area contributed by atoms with Gasteiger partial charge in [0.05, 0.1) is 12.8 Å². The van der Waals surface area contributed by atoms with Gasteiger partial charge >= 0.3 is 0 Å². The molecule has 1 N–H and O–H groups in total. The van der Waals surface area contributed by atoms with Crippen molar-refractivity contribution >= 4 is 11.6 Å². The van der Waals surface area contributed by atoms with Crippen LogP contribution < -0.4 is 10.1 Å². The fraction of sp³-hybridized carbons (Fsp3) is 0.312. The summed E-state index contributed by atoms with van der Waals surface area (Å²) < 4.78 is 5.47. The third-order valence-corrected chi connectivity index (χ3v) is 3.58. The standard InChI is InChI=1S/C16H19ClN2O/c1-4-20-14-7-13(9-19-10-14)12-5-6-15(11(2)18-3)16(17)8-12/h5-11,18H,4H2,1-3H3. The first-order valence-electron chi connectivity index (χ1n) is 6.70. The van der Waals surface area contributed by atoms with E-state index in [2.05, 4.69) is 23.3 Å². The van der Waals surface area contributed by atoms with Gasteiger partial charge < -0.3 is 10.1 Å². The van der Waals surface area contributed by atoms with Crippen molar-refractivity contribution in [1.29, 1.82) is 0 Å². The summed E-state index contributed by atoms with van der Waals surface area (Å²) in [6, 6.07) is 8.28. The van der Waals surface area contributed by atoms with E-state index in [9.17, 15) is 0 Å². The van der Waals surface area contributed by atoms with Gasteiger partial charge in [-0.2, -0.15) is 0 Å². The van der Waals surface area contributed by atoms with E-state index >= 15 is 0 Å². The molecule has 106 valence electrons. The van der Waals surface area contributed by atoms with Crippen LogP contribution in [0.1, 0.15) is 25.5 Å². The Morgan fingerprint density at radius 3 is 2.70 bits per heavy atom. The maximum absolute atomic E-state index is 6.36. The Kier molecular flexibility index (Phi) is 4.99.